The van der Waals surface area contributed by atoms with Crippen molar-refractivity contribution in [2.75, 3.05) is 30.4 Å². The molecule has 1 fully saturated rings. The van der Waals surface area contributed by atoms with Crippen LogP contribution in [0.4, 0.5) is 11.6 Å². The third kappa shape index (κ3) is 3.47. The zero-order valence-corrected chi connectivity index (χ0v) is 16.2. The Morgan fingerprint density at radius 3 is 2.82 bits per heavy atom. The SMILES string of the molecule is CC[C@@H]1CCN(c2cnc(C(=O)Nc3cn4cc(C)nc4c(OC)n3)cn2)C1. The van der Waals surface area contributed by atoms with Crippen molar-refractivity contribution in [2.24, 2.45) is 5.92 Å². The number of aromatic nitrogens is 5. The fourth-order valence-electron chi connectivity index (χ4n) is 3.45. The molecule has 9 nitrogen and oxygen atoms in total. The number of anilines is 2. The first-order valence-electron chi connectivity index (χ1n) is 9.36. The molecule has 1 saturated heterocycles. The molecule has 0 saturated carbocycles. The fourth-order valence-corrected chi connectivity index (χ4v) is 3.45. The molecule has 0 aromatic carbocycles. The van der Waals surface area contributed by atoms with Gasteiger partial charge in [0.2, 0.25) is 5.65 Å². The molecule has 3 aromatic rings. The van der Waals surface area contributed by atoms with Crippen molar-refractivity contribution < 1.29 is 9.53 Å². The number of fused-ring (bicyclic) bond motifs is 1. The summed E-state index contributed by atoms with van der Waals surface area (Å²) in [4.78, 5) is 32.1. The minimum atomic E-state index is -0.377. The van der Waals surface area contributed by atoms with E-state index in [2.05, 4.69) is 37.1 Å². The van der Waals surface area contributed by atoms with E-state index >= 15 is 0 Å². The number of ether oxygens (including phenoxy) is 1. The van der Waals surface area contributed by atoms with E-state index in [4.69, 9.17) is 4.74 Å². The molecule has 1 aliphatic rings. The molecule has 0 spiro atoms. The molecule has 0 radical (unpaired) electrons. The molecule has 1 atom stereocenters. The number of aryl methyl sites for hydroxylation is 1. The monoisotopic (exact) mass is 381 g/mol. The third-order valence-electron chi connectivity index (χ3n) is 5.02. The summed E-state index contributed by atoms with van der Waals surface area (Å²) in [6, 6.07) is 0. The van der Waals surface area contributed by atoms with E-state index in [9.17, 15) is 4.79 Å². The van der Waals surface area contributed by atoms with Gasteiger partial charge in [-0.2, -0.15) is 4.98 Å². The Bertz CT molecular complexity index is 999. The topological polar surface area (TPSA) is 97.5 Å². The lowest BCUT2D eigenvalue weighted by atomic mass is 10.1. The first-order chi connectivity index (χ1) is 13.6. The molecule has 9 heteroatoms. The predicted octanol–water partition coefficient (Wildman–Crippen LogP) is 2.32. The highest BCUT2D eigenvalue weighted by atomic mass is 16.5. The molecule has 0 unspecified atom stereocenters. The first kappa shape index (κ1) is 18.1. The van der Waals surface area contributed by atoms with Crippen LogP contribution < -0.4 is 15.0 Å². The average molecular weight is 381 g/mol. The Kier molecular flexibility index (Phi) is 4.81. The molecule has 3 aromatic heterocycles. The van der Waals surface area contributed by atoms with Gasteiger partial charge < -0.3 is 15.0 Å². The van der Waals surface area contributed by atoms with Gasteiger partial charge in [0, 0.05) is 19.3 Å². The van der Waals surface area contributed by atoms with Gasteiger partial charge in [0.25, 0.3) is 11.8 Å². The summed E-state index contributed by atoms with van der Waals surface area (Å²) in [5.41, 5.74) is 1.66. The minimum Gasteiger partial charge on any atom is -0.478 e. The Labute approximate surface area is 162 Å². The molecular weight excluding hydrogens is 358 g/mol. The number of methoxy groups -OCH3 is 1. The van der Waals surface area contributed by atoms with Gasteiger partial charge >= 0.3 is 0 Å². The number of hydrogen-bond donors (Lipinski definition) is 1. The number of amides is 1. The summed E-state index contributed by atoms with van der Waals surface area (Å²) in [5.74, 6) is 1.82. The van der Waals surface area contributed by atoms with Gasteiger partial charge in [0.05, 0.1) is 31.4 Å². The van der Waals surface area contributed by atoms with E-state index in [0.717, 1.165) is 24.6 Å². The molecule has 0 bridgehead atoms. The van der Waals surface area contributed by atoms with Crippen molar-refractivity contribution in [1.29, 1.82) is 0 Å². The molecule has 4 rings (SSSR count). The van der Waals surface area contributed by atoms with Crippen molar-refractivity contribution in [1.82, 2.24) is 24.3 Å². The summed E-state index contributed by atoms with van der Waals surface area (Å²) in [5, 5.41) is 2.74. The van der Waals surface area contributed by atoms with Crippen molar-refractivity contribution in [3.05, 3.63) is 36.2 Å². The van der Waals surface area contributed by atoms with Gasteiger partial charge in [-0.1, -0.05) is 13.3 Å². The van der Waals surface area contributed by atoms with Crippen LogP contribution in [0.25, 0.3) is 5.65 Å². The maximum atomic E-state index is 12.6. The number of carbonyl (C=O) groups is 1. The zero-order valence-electron chi connectivity index (χ0n) is 16.2. The second-order valence-electron chi connectivity index (χ2n) is 6.97. The van der Waals surface area contributed by atoms with Crippen LogP contribution >= 0.6 is 0 Å². The van der Waals surface area contributed by atoms with Gasteiger partial charge in [-0.15, -0.1) is 0 Å². The first-order valence-corrected chi connectivity index (χ1v) is 9.36. The van der Waals surface area contributed by atoms with Crippen LogP contribution in [0.15, 0.2) is 24.8 Å². The number of hydrogen-bond acceptors (Lipinski definition) is 7. The highest BCUT2D eigenvalue weighted by Gasteiger charge is 2.22. The van der Waals surface area contributed by atoms with Crippen LogP contribution in [0.2, 0.25) is 0 Å². The van der Waals surface area contributed by atoms with Crippen molar-refractivity contribution >= 4 is 23.2 Å². The van der Waals surface area contributed by atoms with Crippen molar-refractivity contribution in [2.45, 2.75) is 26.7 Å². The molecule has 1 N–H and O–H groups in total. The smallest absolute Gasteiger partial charge is 0.277 e. The van der Waals surface area contributed by atoms with E-state index in [1.54, 1.807) is 16.8 Å². The van der Waals surface area contributed by atoms with Crippen LogP contribution in [0.3, 0.4) is 0 Å². The second-order valence-corrected chi connectivity index (χ2v) is 6.97. The molecule has 28 heavy (non-hydrogen) atoms. The summed E-state index contributed by atoms with van der Waals surface area (Å²) in [6.45, 7) is 6.06. The van der Waals surface area contributed by atoms with Gasteiger partial charge in [-0.3, -0.25) is 9.20 Å². The Balaban J connectivity index is 1.50. The lowest BCUT2D eigenvalue weighted by Gasteiger charge is -2.16. The fraction of sp³-hybridized carbons (Fsp3) is 0.421. The van der Waals surface area contributed by atoms with Gasteiger partial charge in [0.15, 0.2) is 5.82 Å². The summed E-state index contributed by atoms with van der Waals surface area (Å²) in [7, 11) is 1.52. The lowest BCUT2D eigenvalue weighted by molar-refractivity contribution is 0.102. The molecule has 1 aliphatic heterocycles. The quantitative estimate of drug-likeness (QED) is 0.724. The molecule has 146 valence electrons. The Morgan fingerprint density at radius 2 is 2.14 bits per heavy atom. The number of carbonyl (C=O) groups excluding carboxylic acids is 1. The average Bonchev–Trinajstić information content (AvgIpc) is 3.33. The van der Waals surface area contributed by atoms with E-state index in [-0.39, 0.29) is 11.6 Å². The van der Waals surface area contributed by atoms with Crippen molar-refractivity contribution in [3.8, 4) is 5.88 Å². The lowest BCUT2D eigenvalue weighted by Crippen LogP contribution is -2.22. The molecule has 0 aliphatic carbocycles. The highest BCUT2D eigenvalue weighted by molar-refractivity contribution is 6.02. The summed E-state index contributed by atoms with van der Waals surface area (Å²) >= 11 is 0. The van der Waals surface area contributed by atoms with Gasteiger partial charge in [-0.05, 0) is 19.3 Å². The minimum absolute atomic E-state index is 0.234. The van der Waals surface area contributed by atoms with Crippen LogP contribution in [-0.4, -0.2) is 50.4 Å². The third-order valence-corrected chi connectivity index (χ3v) is 5.02. The maximum absolute atomic E-state index is 12.6. The number of nitrogens with one attached hydrogen (secondary N) is 1. The van der Waals surface area contributed by atoms with E-state index in [1.807, 2.05) is 13.1 Å². The van der Waals surface area contributed by atoms with Crippen LogP contribution in [0.5, 0.6) is 5.88 Å². The van der Waals surface area contributed by atoms with Gasteiger partial charge in [0.1, 0.15) is 11.5 Å². The number of imidazole rings is 1. The van der Waals surface area contributed by atoms with Crippen LogP contribution in [-0.2, 0) is 0 Å². The predicted molar refractivity (Wildman–Crippen MR) is 105 cm³/mol. The second kappa shape index (κ2) is 7.41. The Morgan fingerprint density at radius 1 is 1.29 bits per heavy atom. The molecular formula is C19H23N7O2. The highest BCUT2D eigenvalue weighted by Crippen LogP contribution is 2.23. The standard InChI is InChI=1S/C19H23N7O2/c1-4-13-5-6-25(10-13)16-8-20-14(7-21-16)18(27)23-15-11-26-9-12(2)22-17(26)19(24-15)28-3/h7-9,11,13H,4-6,10H2,1-3H3,(H,23,27)/t13-/m1/s1. The van der Waals surface area contributed by atoms with Gasteiger partial charge in [-0.25, -0.2) is 15.0 Å². The van der Waals surface area contributed by atoms with Crippen LogP contribution in [0.1, 0.15) is 35.9 Å². The van der Waals surface area contributed by atoms with Crippen LogP contribution in [0, 0.1) is 12.8 Å². The van der Waals surface area contributed by atoms with Crippen molar-refractivity contribution in [3.63, 3.8) is 0 Å². The number of nitrogens with zero attached hydrogens (tertiary/aromatic N) is 6. The largest absolute Gasteiger partial charge is 0.478 e. The zero-order chi connectivity index (χ0) is 19.7. The number of rotatable bonds is 5. The Hall–Kier alpha value is -3.23. The maximum Gasteiger partial charge on any atom is 0.277 e. The molecule has 1 amide bonds. The van der Waals surface area contributed by atoms with E-state index in [0.29, 0.717) is 23.3 Å². The van der Waals surface area contributed by atoms with E-state index < -0.39 is 0 Å². The van der Waals surface area contributed by atoms with E-state index in [1.165, 1.54) is 26.1 Å². The summed E-state index contributed by atoms with van der Waals surface area (Å²) < 4.78 is 7.05. The normalized spacial score (nSPS) is 16.5. The molecule has 4 heterocycles. The summed E-state index contributed by atoms with van der Waals surface area (Å²) in [6.07, 6.45) is 9.02.